The lowest BCUT2D eigenvalue weighted by Gasteiger charge is -2.35. The van der Waals surface area contributed by atoms with E-state index in [4.69, 9.17) is 0 Å². The number of hydrogen-bond donors (Lipinski definition) is 3. The number of carbonyl (C=O) groups excluding carboxylic acids is 1. The van der Waals surface area contributed by atoms with Gasteiger partial charge < -0.3 is 20.0 Å². The fourth-order valence-corrected chi connectivity index (χ4v) is 2.25. The van der Waals surface area contributed by atoms with Crippen LogP contribution in [-0.4, -0.2) is 45.1 Å². The Balaban J connectivity index is 2.10. The first-order valence-corrected chi connectivity index (χ1v) is 5.74. The number of likely N-dealkylation sites (tertiary alicyclic amines) is 1. The van der Waals surface area contributed by atoms with E-state index in [0.717, 1.165) is 5.56 Å². The van der Waals surface area contributed by atoms with Crippen LogP contribution in [0.5, 0.6) is 0 Å². The van der Waals surface area contributed by atoms with Crippen LogP contribution in [0.4, 0.5) is 0 Å². The molecule has 94 valence electrons. The van der Waals surface area contributed by atoms with Gasteiger partial charge in [0, 0.05) is 25.5 Å². The molecule has 0 radical (unpaired) electrons. The van der Waals surface area contributed by atoms with E-state index in [9.17, 15) is 14.7 Å². The van der Waals surface area contributed by atoms with E-state index >= 15 is 0 Å². The van der Waals surface area contributed by atoms with Gasteiger partial charge in [0.05, 0.1) is 22.6 Å². The molecule has 0 saturated carbocycles. The van der Waals surface area contributed by atoms with Crippen molar-refractivity contribution in [1.29, 1.82) is 0 Å². The molecule has 1 aliphatic rings. The molecule has 1 amide bonds. The monoisotopic (exact) mass is 247 g/mol. The van der Waals surface area contributed by atoms with Gasteiger partial charge in [0.15, 0.2) is 0 Å². The Morgan fingerprint density at radius 2 is 2.11 bits per heavy atom. The van der Waals surface area contributed by atoms with Gasteiger partial charge in [-0.05, 0) is 12.5 Å². The number of aromatic nitrogens is 2. The Hall–Kier alpha value is -2.08. The molecule has 6 nitrogen and oxygen atoms in total. The number of nitrogens with one attached hydrogen (secondary N) is 2. The summed E-state index contributed by atoms with van der Waals surface area (Å²) >= 11 is 0. The van der Waals surface area contributed by atoms with Crippen molar-refractivity contribution in [2.24, 2.45) is 0 Å². The molecule has 1 fully saturated rings. The normalized spacial score (nSPS) is 16.0. The third-order valence-electron chi connectivity index (χ3n) is 3.30. The Morgan fingerprint density at radius 3 is 2.78 bits per heavy atom. The van der Waals surface area contributed by atoms with Crippen molar-refractivity contribution >= 4 is 16.8 Å². The molecular formula is C12H13N3O3. The largest absolute Gasteiger partial charge is 0.389 e. The second-order valence-electron chi connectivity index (χ2n) is 4.62. The van der Waals surface area contributed by atoms with Gasteiger partial charge in [-0.1, -0.05) is 0 Å². The van der Waals surface area contributed by atoms with Crippen molar-refractivity contribution in [3.8, 4) is 0 Å². The summed E-state index contributed by atoms with van der Waals surface area (Å²) in [6, 6.07) is 0. The molecule has 0 aromatic carbocycles. The molecule has 0 unspecified atom stereocenters. The van der Waals surface area contributed by atoms with Gasteiger partial charge in [0.2, 0.25) is 0 Å². The summed E-state index contributed by atoms with van der Waals surface area (Å²) < 4.78 is 0. The Morgan fingerprint density at radius 1 is 1.39 bits per heavy atom. The highest BCUT2D eigenvalue weighted by molar-refractivity contribution is 6.07. The number of rotatable bonds is 1. The summed E-state index contributed by atoms with van der Waals surface area (Å²) in [5.74, 6) is -0.220. The number of carbonyl (C=O) groups is 1. The maximum absolute atomic E-state index is 12.2. The lowest BCUT2D eigenvalue weighted by atomic mass is 10.1. The third-order valence-corrected chi connectivity index (χ3v) is 3.30. The molecule has 1 saturated heterocycles. The van der Waals surface area contributed by atoms with E-state index in [2.05, 4.69) is 9.97 Å². The zero-order valence-electron chi connectivity index (χ0n) is 9.86. The van der Waals surface area contributed by atoms with Crippen LogP contribution in [0.25, 0.3) is 10.9 Å². The number of nitrogens with zero attached hydrogens (tertiary/aromatic N) is 1. The fourth-order valence-electron chi connectivity index (χ4n) is 2.25. The average Bonchev–Trinajstić information content (AvgIpc) is 2.75. The van der Waals surface area contributed by atoms with Crippen molar-refractivity contribution in [2.45, 2.75) is 13.0 Å². The second kappa shape index (κ2) is 3.71. The zero-order valence-corrected chi connectivity index (χ0v) is 9.86. The number of fused-ring (bicyclic) bond motifs is 1. The molecule has 1 aliphatic heterocycles. The Labute approximate surface area is 102 Å². The number of aryl methyl sites for hydroxylation is 1. The van der Waals surface area contributed by atoms with Crippen LogP contribution < -0.4 is 5.56 Å². The highest BCUT2D eigenvalue weighted by atomic mass is 16.3. The SMILES string of the molecule is Cc1c[nH]c(=O)c2c(C(=O)N3CC(O)C3)c[nH]c12. The van der Waals surface area contributed by atoms with Gasteiger partial charge in [0.25, 0.3) is 11.5 Å². The van der Waals surface area contributed by atoms with E-state index in [1.54, 1.807) is 12.4 Å². The molecular weight excluding hydrogens is 234 g/mol. The molecule has 0 atom stereocenters. The standard InChI is InChI=1S/C12H13N3O3/c1-6-2-14-11(17)9-8(3-13-10(6)9)12(18)15-4-7(16)5-15/h2-3,7,13,16H,4-5H2,1H3,(H,14,17). The number of aliphatic hydroxyl groups is 1. The predicted octanol–water partition coefficient (Wildman–Crippen LogP) is -0.0187. The van der Waals surface area contributed by atoms with Crippen molar-refractivity contribution in [3.05, 3.63) is 33.9 Å². The number of H-pyrrole nitrogens is 2. The van der Waals surface area contributed by atoms with Crippen LogP contribution in [0.15, 0.2) is 17.2 Å². The average molecular weight is 247 g/mol. The maximum atomic E-state index is 12.2. The predicted molar refractivity (Wildman–Crippen MR) is 65.6 cm³/mol. The van der Waals surface area contributed by atoms with E-state index < -0.39 is 6.10 Å². The summed E-state index contributed by atoms with van der Waals surface area (Å²) in [5.41, 5.74) is 1.65. The summed E-state index contributed by atoms with van der Waals surface area (Å²) in [5, 5.41) is 9.60. The minimum atomic E-state index is -0.445. The van der Waals surface area contributed by atoms with Crippen molar-refractivity contribution in [3.63, 3.8) is 0 Å². The van der Waals surface area contributed by atoms with Gasteiger partial charge >= 0.3 is 0 Å². The number of aliphatic hydroxyl groups excluding tert-OH is 1. The summed E-state index contributed by atoms with van der Waals surface area (Å²) in [7, 11) is 0. The number of β-amino-alcohol motifs (C(OH)–C–C–N with tert-alkyl or cyclic N) is 1. The van der Waals surface area contributed by atoms with Crippen LogP contribution in [-0.2, 0) is 0 Å². The maximum Gasteiger partial charge on any atom is 0.258 e. The summed E-state index contributed by atoms with van der Waals surface area (Å²) in [6.07, 6.45) is 2.72. The molecule has 0 bridgehead atoms. The van der Waals surface area contributed by atoms with Gasteiger partial charge in [-0.25, -0.2) is 0 Å². The summed E-state index contributed by atoms with van der Waals surface area (Å²) in [6.45, 7) is 2.51. The number of amides is 1. The Kier molecular flexibility index (Phi) is 2.27. The molecule has 18 heavy (non-hydrogen) atoms. The first-order valence-electron chi connectivity index (χ1n) is 5.74. The first-order chi connectivity index (χ1) is 8.58. The van der Waals surface area contributed by atoms with Crippen LogP contribution in [0, 0.1) is 6.92 Å². The summed E-state index contributed by atoms with van der Waals surface area (Å²) in [4.78, 5) is 31.1. The van der Waals surface area contributed by atoms with Crippen molar-refractivity contribution < 1.29 is 9.90 Å². The smallest absolute Gasteiger partial charge is 0.258 e. The van der Waals surface area contributed by atoms with E-state index in [1.165, 1.54) is 4.90 Å². The van der Waals surface area contributed by atoms with Crippen LogP contribution in [0.2, 0.25) is 0 Å². The van der Waals surface area contributed by atoms with Gasteiger partial charge in [-0.2, -0.15) is 0 Å². The van der Waals surface area contributed by atoms with E-state index in [1.807, 2.05) is 6.92 Å². The molecule has 3 rings (SSSR count). The van der Waals surface area contributed by atoms with Gasteiger partial charge in [-0.3, -0.25) is 9.59 Å². The first kappa shape index (κ1) is 11.0. The Bertz CT molecular complexity index is 679. The zero-order chi connectivity index (χ0) is 12.9. The topological polar surface area (TPSA) is 89.2 Å². The highest BCUT2D eigenvalue weighted by Gasteiger charge is 2.31. The van der Waals surface area contributed by atoms with Crippen molar-refractivity contribution in [2.75, 3.05) is 13.1 Å². The van der Waals surface area contributed by atoms with Crippen LogP contribution in [0.1, 0.15) is 15.9 Å². The lowest BCUT2D eigenvalue weighted by Crippen LogP contribution is -2.53. The molecule has 3 N–H and O–H groups in total. The quantitative estimate of drug-likeness (QED) is 0.661. The number of hydrogen-bond acceptors (Lipinski definition) is 3. The van der Waals surface area contributed by atoms with Crippen LogP contribution >= 0.6 is 0 Å². The van der Waals surface area contributed by atoms with Crippen molar-refractivity contribution in [1.82, 2.24) is 14.9 Å². The third kappa shape index (κ3) is 1.46. The fraction of sp³-hybridized carbons (Fsp3) is 0.333. The molecule has 0 aliphatic carbocycles. The molecule has 0 spiro atoms. The minimum absolute atomic E-state index is 0.220. The minimum Gasteiger partial charge on any atom is -0.389 e. The number of pyridine rings is 1. The number of aromatic amines is 2. The highest BCUT2D eigenvalue weighted by Crippen LogP contribution is 2.20. The molecule has 3 heterocycles. The van der Waals surface area contributed by atoms with Gasteiger partial charge in [-0.15, -0.1) is 0 Å². The van der Waals surface area contributed by atoms with Gasteiger partial charge in [0.1, 0.15) is 0 Å². The lowest BCUT2D eigenvalue weighted by molar-refractivity contribution is 0.00602. The molecule has 2 aromatic rings. The molecule has 2 aromatic heterocycles. The van der Waals surface area contributed by atoms with Crippen LogP contribution in [0.3, 0.4) is 0 Å². The molecule has 6 heteroatoms. The second-order valence-corrected chi connectivity index (χ2v) is 4.62. The van der Waals surface area contributed by atoms with E-state index in [-0.39, 0.29) is 11.5 Å². The van der Waals surface area contributed by atoms with E-state index in [0.29, 0.717) is 29.6 Å².